The molecule has 0 bridgehead atoms. The average Bonchev–Trinajstić information content (AvgIpc) is 2.83. The van der Waals surface area contributed by atoms with E-state index in [1.165, 1.54) is 0 Å². The molecule has 184 valence electrons. The fourth-order valence-corrected chi connectivity index (χ4v) is 3.88. The molecule has 6 atom stereocenters. The van der Waals surface area contributed by atoms with Crippen molar-refractivity contribution in [1.82, 2.24) is 0 Å². The third-order valence-corrected chi connectivity index (χ3v) is 5.92. The summed E-state index contributed by atoms with van der Waals surface area (Å²) in [6, 6.07) is 0. The summed E-state index contributed by atoms with van der Waals surface area (Å²) in [7, 11) is 0. The lowest BCUT2D eigenvalue weighted by Gasteiger charge is -2.31. The van der Waals surface area contributed by atoms with Crippen LogP contribution in [0.5, 0.6) is 0 Å². The van der Waals surface area contributed by atoms with Gasteiger partial charge in [0.05, 0.1) is 12.2 Å². The number of hydrogen-bond acceptors (Lipinski definition) is 8. The Labute approximate surface area is 195 Å². The van der Waals surface area contributed by atoms with E-state index in [0.717, 1.165) is 31.6 Å². The zero-order valence-corrected chi connectivity index (χ0v) is 19.0. The van der Waals surface area contributed by atoms with Crippen molar-refractivity contribution >= 4 is 31.4 Å². The number of unbranched alkanes of at least 4 members (excludes halogenated alkanes) is 2. The molecule has 2 N–H and O–H groups in total. The minimum Gasteiger partial charge on any atom is -0.392 e. The summed E-state index contributed by atoms with van der Waals surface area (Å²) in [4.78, 5) is 55.9. The second kappa shape index (κ2) is 17.2. The Balaban J connectivity index is 2.55. The van der Waals surface area contributed by atoms with E-state index in [2.05, 4.69) is 0 Å². The molecule has 33 heavy (non-hydrogen) atoms. The molecule has 1 aliphatic heterocycles. The van der Waals surface area contributed by atoms with Crippen LogP contribution in [-0.2, 0) is 28.7 Å². The van der Waals surface area contributed by atoms with Crippen molar-refractivity contribution in [2.45, 2.75) is 82.7 Å². The zero-order valence-electron chi connectivity index (χ0n) is 19.0. The molecule has 1 heterocycles. The Morgan fingerprint density at radius 2 is 1.82 bits per heavy atom. The van der Waals surface area contributed by atoms with Crippen LogP contribution < -0.4 is 0 Å². The van der Waals surface area contributed by atoms with Crippen LogP contribution in [0.3, 0.4) is 0 Å². The maximum absolute atomic E-state index is 11.5. The lowest BCUT2D eigenvalue weighted by atomic mass is 9.87. The predicted molar refractivity (Wildman–Crippen MR) is 121 cm³/mol. The normalized spacial score (nSPS) is 22.8. The molecule has 0 radical (unpaired) electrons. The zero-order chi connectivity index (χ0) is 24.5. The number of hydrogen-bond donors (Lipinski definition) is 2. The van der Waals surface area contributed by atoms with Crippen LogP contribution in [0.15, 0.2) is 23.8 Å². The molecular weight excluding hydrogens is 428 g/mol. The Kier molecular flexibility index (Phi) is 15.0. The number of allylic oxidation sites excluding steroid dienone is 4. The van der Waals surface area contributed by atoms with Crippen LogP contribution in [0, 0.1) is 17.8 Å². The van der Waals surface area contributed by atoms with Gasteiger partial charge in [-0.15, -0.1) is 0 Å². The molecule has 0 saturated carbocycles. The highest BCUT2D eigenvalue weighted by molar-refractivity contribution is 5.73. The molecule has 8 nitrogen and oxygen atoms in total. The first-order valence-electron chi connectivity index (χ1n) is 11.6. The topological polar surface area (TPSA) is 135 Å². The minimum absolute atomic E-state index is 0.221. The number of carbonyl (C=O) groups is 5. The molecule has 0 aromatic rings. The highest BCUT2D eigenvalue weighted by atomic mass is 16.6. The van der Waals surface area contributed by atoms with E-state index in [-0.39, 0.29) is 19.3 Å². The van der Waals surface area contributed by atoms with Crippen LogP contribution >= 0.6 is 0 Å². The summed E-state index contributed by atoms with van der Waals surface area (Å²) < 4.78 is 5.43. The molecule has 1 aliphatic rings. The van der Waals surface area contributed by atoms with Gasteiger partial charge in [0.25, 0.3) is 0 Å². The van der Waals surface area contributed by atoms with E-state index in [1.54, 1.807) is 18.2 Å². The van der Waals surface area contributed by atoms with Gasteiger partial charge in [-0.3, -0.25) is 4.79 Å². The van der Waals surface area contributed by atoms with Crippen molar-refractivity contribution < 1.29 is 38.9 Å². The SMILES string of the molecule is O=CCCCC=C(C=O)CCC(O)C(C=O)C/C=C/C(C=O)CC(C=O)C1CCCC(O)O1. The maximum atomic E-state index is 11.5. The molecule has 8 heteroatoms. The van der Waals surface area contributed by atoms with Crippen molar-refractivity contribution in [2.75, 3.05) is 0 Å². The van der Waals surface area contributed by atoms with E-state index < -0.39 is 36.3 Å². The highest BCUT2D eigenvalue weighted by Gasteiger charge is 2.29. The number of aliphatic hydroxyl groups is 2. The van der Waals surface area contributed by atoms with Crippen molar-refractivity contribution in [3.63, 3.8) is 0 Å². The number of aliphatic hydroxyl groups excluding tert-OH is 2. The molecule has 6 unspecified atom stereocenters. The van der Waals surface area contributed by atoms with Gasteiger partial charge in [0.2, 0.25) is 0 Å². The molecule has 0 spiro atoms. The predicted octanol–water partition coefficient (Wildman–Crippen LogP) is 2.29. The Hall–Kier alpha value is -2.29. The first kappa shape index (κ1) is 28.7. The van der Waals surface area contributed by atoms with Gasteiger partial charge in [0.15, 0.2) is 6.29 Å². The monoisotopic (exact) mass is 464 g/mol. The molecular formula is C25H36O8. The lowest BCUT2D eigenvalue weighted by Crippen LogP contribution is -2.35. The third-order valence-electron chi connectivity index (χ3n) is 5.92. The number of ether oxygens (including phenoxy) is 1. The molecule has 1 fully saturated rings. The number of carbonyl (C=O) groups excluding carboxylic acids is 5. The van der Waals surface area contributed by atoms with E-state index in [0.29, 0.717) is 50.4 Å². The smallest absolute Gasteiger partial charge is 0.154 e. The molecule has 1 rings (SSSR count). The molecule has 0 aromatic heterocycles. The summed E-state index contributed by atoms with van der Waals surface area (Å²) >= 11 is 0. The minimum atomic E-state index is -0.944. The second-order valence-electron chi connectivity index (χ2n) is 8.46. The van der Waals surface area contributed by atoms with E-state index in [1.807, 2.05) is 0 Å². The van der Waals surface area contributed by atoms with Gasteiger partial charge in [-0.1, -0.05) is 18.2 Å². The van der Waals surface area contributed by atoms with Gasteiger partial charge in [-0.2, -0.15) is 0 Å². The van der Waals surface area contributed by atoms with Crippen LogP contribution in [0.25, 0.3) is 0 Å². The summed E-state index contributed by atoms with van der Waals surface area (Å²) in [5.41, 5.74) is 0.524. The summed E-state index contributed by atoms with van der Waals surface area (Å²) in [6.45, 7) is 0. The first-order chi connectivity index (χ1) is 16.0. The summed E-state index contributed by atoms with van der Waals surface area (Å²) in [6.07, 6.45) is 11.0. The Morgan fingerprint density at radius 1 is 1.03 bits per heavy atom. The van der Waals surface area contributed by atoms with Gasteiger partial charge in [-0.25, -0.2) is 0 Å². The van der Waals surface area contributed by atoms with Crippen LogP contribution in [0.4, 0.5) is 0 Å². The summed E-state index contributed by atoms with van der Waals surface area (Å²) in [5.74, 6) is -1.76. The van der Waals surface area contributed by atoms with Gasteiger partial charge in [0.1, 0.15) is 31.4 Å². The molecule has 1 saturated heterocycles. The lowest BCUT2D eigenvalue weighted by molar-refractivity contribution is -0.178. The molecule has 0 amide bonds. The number of rotatable bonds is 18. The Bertz CT molecular complexity index is 671. The standard InChI is InChI=1S/C25H36O8/c26-13-3-1-2-6-19(15-27)11-12-23(31)21(17-29)8-4-7-20(16-28)14-22(18-30)24-9-5-10-25(32)33-24/h4,6-7,13,15-18,20-25,31-32H,1-3,5,8-12,14H2/b7-4+,19-6?. The van der Waals surface area contributed by atoms with Crippen LogP contribution in [0.2, 0.25) is 0 Å². The average molecular weight is 465 g/mol. The van der Waals surface area contributed by atoms with Crippen LogP contribution in [0.1, 0.15) is 64.2 Å². The molecule has 0 aromatic carbocycles. The van der Waals surface area contributed by atoms with Crippen LogP contribution in [-0.4, -0.2) is 60.1 Å². The largest absolute Gasteiger partial charge is 0.392 e. The van der Waals surface area contributed by atoms with Gasteiger partial charge in [0, 0.05) is 24.2 Å². The highest BCUT2D eigenvalue weighted by Crippen LogP contribution is 2.27. The van der Waals surface area contributed by atoms with Crippen molar-refractivity contribution in [3.8, 4) is 0 Å². The van der Waals surface area contributed by atoms with Crippen molar-refractivity contribution in [3.05, 3.63) is 23.8 Å². The fraction of sp³-hybridized carbons (Fsp3) is 0.640. The third kappa shape index (κ3) is 11.4. The van der Waals surface area contributed by atoms with Crippen molar-refractivity contribution in [1.29, 1.82) is 0 Å². The van der Waals surface area contributed by atoms with Gasteiger partial charge >= 0.3 is 0 Å². The molecule has 0 aliphatic carbocycles. The fourth-order valence-electron chi connectivity index (χ4n) is 3.88. The van der Waals surface area contributed by atoms with Gasteiger partial charge in [-0.05, 0) is 63.4 Å². The Morgan fingerprint density at radius 3 is 2.42 bits per heavy atom. The van der Waals surface area contributed by atoms with E-state index >= 15 is 0 Å². The summed E-state index contributed by atoms with van der Waals surface area (Å²) in [5, 5.41) is 20.0. The second-order valence-corrected chi connectivity index (χ2v) is 8.46. The van der Waals surface area contributed by atoms with Gasteiger partial charge < -0.3 is 34.1 Å². The van der Waals surface area contributed by atoms with Crippen molar-refractivity contribution in [2.24, 2.45) is 17.8 Å². The quantitative estimate of drug-likeness (QED) is 0.137. The van der Waals surface area contributed by atoms with E-state index in [4.69, 9.17) is 4.74 Å². The maximum Gasteiger partial charge on any atom is 0.154 e. The number of aldehydes is 5. The first-order valence-corrected chi connectivity index (χ1v) is 11.6. The van der Waals surface area contributed by atoms with E-state index in [9.17, 15) is 34.2 Å².